The normalized spacial score (nSPS) is 17.8. The third-order valence-electron chi connectivity index (χ3n) is 4.04. The molecule has 0 saturated carbocycles. The van der Waals surface area contributed by atoms with Gasteiger partial charge in [0.05, 0.1) is 5.69 Å². The van der Waals surface area contributed by atoms with E-state index in [1.165, 1.54) is 0 Å². The van der Waals surface area contributed by atoms with Crippen LogP contribution in [0.25, 0.3) is 5.65 Å². The molecule has 2 N–H and O–H groups in total. The van der Waals surface area contributed by atoms with Crippen LogP contribution >= 0.6 is 0 Å². The van der Waals surface area contributed by atoms with E-state index in [1.807, 2.05) is 6.07 Å². The highest BCUT2D eigenvalue weighted by Gasteiger charge is 2.21. The van der Waals surface area contributed by atoms with Crippen molar-refractivity contribution >= 4 is 5.65 Å². The molecule has 20 heavy (non-hydrogen) atoms. The van der Waals surface area contributed by atoms with Crippen molar-refractivity contribution in [2.45, 2.75) is 44.9 Å². The molecule has 0 unspecified atom stereocenters. The van der Waals surface area contributed by atoms with Crippen LogP contribution in [0.1, 0.15) is 50.9 Å². The predicted molar refractivity (Wildman–Crippen MR) is 79.4 cm³/mol. The number of nitrogens with zero attached hydrogens (tertiary/aromatic N) is 2. The predicted octanol–water partition coefficient (Wildman–Crippen LogP) is 1.79. The maximum absolute atomic E-state index is 12.3. The number of nitrogens with one attached hydrogen (secondary N) is 2. The van der Waals surface area contributed by atoms with E-state index in [4.69, 9.17) is 4.98 Å². The van der Waals surface area contributed by atoms with Gasteiger partial charge in [0.15, 0.2) is 5.65 Å². The van der Waals surface area contributed by atoms with Gasteiger partial charge in [0.1, 0.15) is 0 Å². The molecule has 3 rings (SSSR count). The van der Waals surface area contributed by atoms with Crippen LogP contribution in [-0.4, -0.2) is 27.7 Å². The molecule has 1 fully saturated rings. The molecular formula is C15H22N4O. The van der Waals surface area contributed by atoms with Crippen molar-refractivity contribution in [3.63, 3.8) is 0 Å². The highest BCUT2D eigenvalue weighted by Crippen LogP contribution is 2.24. The summed E-state index contributed by atoms with van der Waals surface area (Å²) in [5, 5.41) is 6.51. The molecule has 0 aliphatic carbocycles. The average Bonchev–Trinajstić information content (AvgIpc) is 2.84. The first-order chi connectivity index (χ1) is 9.45. The van der Waals surface area contributed by atoms with Gasteiger partial charge in [-0.2, -0.15) is 0 Å². The van der Waals surface area contributed by atoms with E-state index >= 15 is 0 Å². The lowest BCUT2D eigenvalue weighted by atomic mass is 9.92. The van der Waals surface area contributed by atoms with E-state index in [2.05, 4.69) is 31.2 Å². The molecule has 5 nitrogen and oxygen atoms in total. The summed E-state index contributed by atoms with van der Waals surface area (Å²) in [4.78, 5) is 17.0. The molecule has 0 atom stereocenters. The molecule has 0 bridgehead atoms. The van der Waals surface area contributed by atoms with Crippen LogP contribution in [0.3, 0.4) is 0 Å². The lowest BCUT2D eigenvalue weighted by Gasteiger charge is -2.21. The number of aromatic nitrogens is 3. The lowest BCUT2D eigenvalue weighted by molar-refractivity contribution is 0.453. The summed E-state index contributed by atoms with van der Waals surface area (Å²) in [6.45, 7) is 8.38. The third-order valence-corrected chi connectivity index (χ3v) is 4.04. The van der Waals surface area contributed by atoms with Crippen molar-refractivity contribution in [3.05, 3.63) is 33.9 Å². The molecule has 0 radical (unpaired) electrons. The topological polar surface area (TPSA) is 62.2 Å². The van der Waals surface area contributed by atoms with E-state index in [-0.39, 0.29) is 11.0 Å². The molecule has 1 saturated heterocycles. The minimum absolute atomic E-state index is 0.0148. The highest BCUT2D eigenvalue weighted by atomic mass is 16.1. The van der Waals surface area contributed by atoms with Gasteiger partial charge in [-0.25, -0.2) is 9.50 Å². The summed E-state index contributed by atoms with van der Waals surface area (Å²) in [6.07, 6.45) is 2.11. The van der Waals surface area contributed by atoms with Gasteiger partial charge in [0.25, 0.3) is 5.56 Å². The smallest absolute Gasteiger partial charge is 0.272 e. The summed E-state index contributed by atoms with van der Waals surface area (Å²) < 4.78 is 1.55. The van der Waals surface area contributed by atoms with E-state index in [9.17, 15) is 4.79 Å². The minimum Gasteiger partial charge on any atom is -0.317 e. The summed E-state index contributed by atoms with van der Waals surface area (Å²) in [7, 11) is 0. The molecule has 1 aliphatic heterocycles. The molecule has 2 aromatic rings. The van der Waals surface area contributed by atoms with Gasteiger partial charge in [-0.1, -0.05) is 20.8 Å². The van der Waals surface area contributed by atoms with Gasteiger partial charge in [-0.15, -0.1) is 0 Å². The van der Waals surface area contributed by atoms with Crippen LogP contribution in [-0.2, 0) is 5.41 Å². The largest absolute Gasteiger partial charge is 0.317 e. The molecule has 5 heteroatoms. The second kappa shape index (κ2) is 4.74. The van der Waals surface area contributed by atoms with Crippen LogP contribution in [0.15, 0.2) is 16.9 Å². The minimum atomic E-state index is -0.0188. The Morgan fingerprint density at radius 3 is 2.60 bits per heavy atom. The van der Waals surface area contributed by atoms with Crippen molar-refractivity contribution < 1.29 is 0 Å². The number of rotatable bonds is 1. The first kappa shape index (κ1) is 13.4. The molecule has 108 valence electrons. The molecule has 0 spiro atoms. The van der Waals surface area contributed by atoms with Crippen LogP contribution in [0, 0.1) is 0 Å². The number of fused-ring (bicyclic) bond motifs is 1. The third kappa shape index (κ3) is 2.38. The van der Waals surface area contributed by atoms with Gasteiger partial charge >= 0.3 is 0 Å². The van der Waals surface area contributed by atoms with E-state index < -0.39 is 0 Å². The Kier molecular flexibility index (Phi) is 3.17. The number of aromatic amines is 1. The fraction of sp³-hybridized carbons (Fsp3) is 0.600. The van der Waals surface area contributed by atoms with E-state index in [0.717, 1.165) is 43.0 Å². The molecule has 0 amide bonds. The van der Waals surface area contributed by atoms with Gasteiger partial charge in [0, 0.05) is 29.2 Å². The highest BCUT2D eigenvalue weighted by molar-refractivity contribution is 5.42. The maximum Gasteiger partial charge on any atom is 0.272 e. The van der Waals surface area contributed by atoms with Crippen LogP contribution in [0.5, 0.6) is 0 Å². The lowest BCUT2D eigenvalue weighted by Crippen LogP contribution is -2.28. The molecule has 2 aromatic heterocycles. The molecular weight excluding hydrogens is 252 g/mol. The Labute approximate surface area is 118 Å². The van der Waals surface area contributed by atoms with E-state index in [0.29, 0.717) is 5.92 Å². The van der Waals surface area contributed by atoms with Gasteiger partial charge in [0.2, 0.25) is 0 Å². The monoisotopic (exact) mass is 274 g/mol. The average molecular weight is 274 g/mol. The van der Waals surface area contributed by atoms with Gasteiger partial charge in [-0.05, 0) is 25.9 Å². The zero-order valence-corrected chi connectivity index (χ0v) is 12.4. The van der Waals surface area contributed by atoms with Crippen LogP contribution < -0.4 is 10.9 Å². The quantitative estimate of drug-likeness (QED) is 0.833. The van der Waals surface area contributed by atoms with Crippen molar-refractivity contribution in [3.8, 4) is 0 Å². The van der Waals surface area contributed by atoms with Gasteiger partial charge < -0.3 is 5.32 Å². The van der Waals surface area contributed by atoms with Crippen molar-refractivity contribution in [1.29, 1.82) is 0 Å². The van der Waals surface area contributed by atoms with Crippen molar-refractivity contribution in [1.82, 2.24) is 19.9 Å². The Bertz CT molecular complexity index is 671. The number of hydrogen-bond donors (Lipinski definition) is 2. The van der Waals surface area contributed by atoms with Crippen molar-refractivity contribution in [2.24, 2.45) is 0 Å². The fourth-order valence-corrected chi connectivity index (χ4v) is 2.72. The second-order valence-corrected chi connectivity index (χ2v) is 6.66. The summed E-state index contributed by atoms with van der Waals surface area (Å²) in [6, 6.07) is 3.68. The SMILES string of the molecule is CC(C)(C)c1cc2nc(C3CCNCC3)cc(=O)n2[nH]1. The second-order valence-electron chi connectivity index (χ2n) is 6.66. The Morgan fingerprint density at radius 1 is 1.25 bits per heavy atom. The van der Waals surface area contributed by atoms with E-state index in [1.54, 1.807) is 10.6 Å². The fourth-order valence-electron chi connectivity index (χ4n) is 2.72. The maximum atomic E-state index is 12.3. The zero-order valence-electron chi connectivity index (χ0n) is 12.4. The van der Waals surface area contributed by atoms with Crippen LogP contribution in [0.2, 0.25) is 0 Å². The van der Waals surface area contributed by atoms with Crippen molar-refractivity contribution in [2.75, 3.05) is 13.1 Å². The van der Waals surface area contributed by atoms with Crippen LogP contribution in [0.4, 0.5) is 0 Å². The standard InChI is InChI=1S/C15H22N4O/c1-15(2,3)12-9-13-17-11(8-14(20)19(13)18-12)10-4-6-16-7-5-10/h8-10,16,18H,4-7H2,1-3H3. The number of piperidine rings is 1. The van der Waals surface area contributed by atoms with Gasteiger partial charge in [-0.3, -0.25) is 9.89 Å². The summed E-state index contributed by atoms with van der Waals surface area (Å²) in [5.41, 5.74) is 2.67. The number of hydrogen-bond acceptors (Lipinski definition) is 3. The Hall–Kier alpha value is -1.62. The molecule has 0 aromatic carbocycles. The first-order valence-electron chi connectivity index (χ1n) is 7.29. The molecule has 3 heterocycles. The molecule has 1 aliphatic rings. The summed E-state index contributed by atoms with van der Waals surface area (Å²) in [5.74, 6) is 0.405. The zero-order chi connectivity index (χ0) is 14.3. The Morgan fingerprint density at radius 2 is 1.95 bits per heavy atom. The Balaban J connectivity index is 2.06. The summed E-state index contributed by atoms with van der Waals surface area (Å²) >= 11 is 0. The first-order valence-corrected chi connectivity index (χ1v) is 7.29. The number of H-pyrrole nitrogens is 1.